The van der Waals surface area contributed by atoms with E-state index in [1.54, 1.807) is 24.3 Å². The molecule has 0 spiro atoms. The van der Waals surface area contributed by atoms with E-state index in [-0.39, 0.29) is 12.5 Å². The van der Waals surface area contributed by atoms with Crippen LogP contribution in [0.5, 0.6) is 5.75 Å². The molecule has 1 amide bonds. The molecule has 0 aliphatic rings. The van der Waals surface area contributed by atoms with Gasteiger partial charge in [0.15, 0.2) is 16.4 Å². The minimum atomic E-state index is -3.18. The summed E-state index contributed by atoms with van der Waals surface area (Å²) in [5.74, 6) is 0.468. The predicted molar refractivity (Wildman–Crippen MR) is 92.9 cm³/mol. The van der Waals surface area contributed by atoms with Crippen molar-refractivity contribution in [2.75, 3.05) is 19.4 Å². The summed E-state index contributed by atoms with van der Waals surface area (Å²) in [6.07, 6.45) is 1.80. The number of carbonyl (C=O) groups excluding carboxylic acids is 1. The first-order valence-electron chi connectivity index (χ1n) is 7.60. The molecule has 0 radical (unpaired) electrons. The number of amides is 1. The lowest BCUT2D eigenvalue weighted by atomic mass is 10.1. The zero-order chi connectivity index (χ0) is 17.6. The summed E-state index contributed by atoms with van der Waals surface area (Å²) in [4.78, 5) is 12.0. The highest BCUT2D eigenvalue weighted by molar-refractivity contribution is 7.90. The monoisotopic (exact) mass is 347 g/mol. The number of sulfone groups is 1. The first kappa shape index (κ1) is 18.0. The second-order valence-electron chi connectivity index (χ2n) is 5.62. The standard InChI is InChI=1S/C18H21NO4S/c1-14-3-7-16(8-4-14)23-13-18(20)19-12-11-15-5-9-17(10-6-15)24(2,21)22/h3-10H,11-13H2,1-2H3,(H,19,20). The smallest absolute Gasteiger partial charge is 0.257 e. The van der Waals surface area contributed by atoms with Crippen molar-refractivity contribution in [2.24, 2.45) is 0 Å². The van der Waals surface area contributed by atoms with Gasteiger partial charge in [-0.2, -0.15) is 0 Å². The van der Waals surface area contributed by atoms with Gasteiger partial charge in [-0.15, -0.1) is 0 Å². The Balaban J connectivity index is 1.73. The normalized spacial score (nSPS) is 11.1. The Kier molecular flexibility index (Phi) is 5.98. The maximum atomic E-state index is 11.7. The number of hydrogen-bond acceptors (Lipinski definition) is 4. The molecule has 128 valence electrons. The van der Waals surface area contributed by atoms with Crippen LogP contribution in [0, 0.1) is 6.92 Å². The van der Waals surface area contributed by atoms with Gasteiger partial charge in [0.05, 0.1) is 4.90 Å². The van der Waals surface area contributed by atoms with E-state index < -0.39 is 9.84 Å². The van der Waals surface area contributed by atoms with Gasteiger partial charge in [-0.3, -0.25) is 4.79 Å². The average molecular weight is 347 g/mol. The highest BCUT2D eigenvalue weighted by atomic mass is 32.2. The van der Waals surface area contributed by atoms with Gasteiger partial charge in [0.1, 0.15) is 5.75 Å². The molecule has 2 aromatic rings. The largest absolute Gasteiger partial charge is 0.484 e. The fourth-order valence-corrected chi connectivity index (χ4v) is 2.71. The quantitative estimate of drug-likeness (QED) is 0.833. The van der Waals surface area contributed by atoms with Crippen LogP contribution in [-0.4, -0.2) is 33.7 Å². The fraction of sp³-hybridized carbons (Fsp3) is 0.278. The van der Waals surface area contributed by atoms with Crippen LogP contribution in [0.3, 0.4) is 0 Å². The lowest BCUT2D eigenvalue weighted by Gasteiger charge is -2.08. The molecule has 0 heterocycles. The van der Waals surface area contributed by atoms with E-state index in [4.69, 9.17) is 4.74 Å². The van der Waals surface area contributed by atoms with Crippen LogP contribution in [-0.2, 0) is 21.1 Å². The number of ether oxygens (including phenoxy) is 1. The molecule has 0 aliphatic carbocycles. The molecule has 2 aromatic carbocycles. The molecule has 2 rings (SSSR count). The van der Waals surface area contributed by atoms with Gasteiger partial charge >= 0.3 is 0 Å². The molecule has 5 nitrogen and oxygen atoms in total. The van der Waals surface area contributed by atoms with Crippen LogP contribution in [0.25, 0.3) is 0 Å². The number of rotatable bonds is 7. The molecule has 0 aromatic heterocycles. The Hall–Kier alpha value is -2.34. The van der Waals surface area contributed by atoms with E-state index in [9.17, 15) is 13.2 Å². The second-order valence-corrected chi connectivity index (χ2v) is 7.63. The summed E-state index contributed by atoms with van der Waals surface area (Å²) >= 11 is 0. The molecule has 0 aliphatic heterocycles. The molecule has 0 saturated heterocycles. The van der Waals surface area contributed by atoms with E-state index in [0.29, 0.717) is 23.6 Å². The predicted octanol–water partition coefficient (Wildman–Crippen LogP) is 2.14. The van der Waals surface area contributed by atoms with Crippen LogP contribution in [0.15, 0.2) is 53.4 Å². The Labute approximate surface area is 142 Å². The van der Waals surface area contributed by atoms with Crippen LogP contribution >= 0.6 is 0 Å². The van der Waals surface area contributed by atoms with Gasteiger partial charge in [-0.25, -0.2) is 8.42 Å². The van der Waals surface area contributed by atoms with Crippen LogP contribution in [0.4, 0.5) is 0 Å². The number of aryl methyl sites for hydroxylation is 1. The summed E-state index contributed by atoms with van der Waals surface area (Å²) in [7, 11) is -3.18. The van der Waals surface area contributed by atoms with Gasteiger partial charge in [0.25, 0.3) is 5.91 Å². The number of nitrogens with one attached hydrogen (secondary N) is 1. The first-order chi connectivity index (χ1) is 11.3. The van der Waals surface area contributed by atoms with Gasteiger partial charge in [-0.05, 0) is 43.2 Å². The summed E-state index contributed by atoms with van der Waals surface area (Å²) < 4.78 is 28.2. The molecule has 0 bridgehead atoms. The molecule has 24 heavy (non-hydrogen) atoms. The Morgan fingerprint density at radius 2 is 1.67 bits per heavy atom. The average Bonchev–Trinajstić information content (AvgIpc) is 2.54. The van der Waals surface area contributed by atoms with E-state index in [1.807, 2.05) is 31.2 Å². The summed E-state index contributed by atoms with van der Waals surface area (Å²) in [6, 6.07) is 14.2. The Morgan fingerprint density at radius 1 is 1.04 bits per heavy atom. The first-order valence-corrected chi connectivity index (χ1v) is 9.49. The van der Waals surface area contributed by atoms with Crippen molar-refractivity contribution in [2.45, 2.75) is 18.2 Å². The van der Waals surface area contributed by atoms with Gasteiger partial charge in [0.2, 0.25) is 0 Å². The Bertz CT molecular complexity index is 781. The van der Waals surface area contributed by atoms with Crippen molar-refractivity contribution in [3.8, 4) is 5.75 Å². The molecule has 0 atom stereocenters. The number of carbonyl (C=O) groups is 1. The van der Waals surface area contributed by atoms with Gasteiger partial charge in [0, 0.05) is 12.8 Å². The zero-order valence-corrected chi connectivity index (χ0v) is 14.6. The van der Waals surface area contributed by atoms with Crippen LogP contribution in [0.2, 0.25) is 0 Å². The number of benzene rings is 2. The lowest BCUT2D eigenvalue weighted by Crippen LogP contribution is -2.30. The molecular formula is C18H21NO4S. The van der Waals surface area contributed by atoms with Crippen molar-refractivity contribution in [1.29, 1.82) is 0 Å². The second kappa shape index (κ2) is 7.97. The SMILES string of the molecule is Cc1ccc(OCC(=O)NCCc2ccc(S(C)(=O)=O)cc2)cc1. The highest BCUT2D eigenvalue weighted by Crippen LogP contribution is 2.11. The lowest BCUT2D eigenvalue weighted by molar-refractivity contribution is -0.123. The van der Waals surface area contributed by atoms with Crippen molar-refractivity contribution in [1.82, 2.24) is 5.32 Å². The minimum Gasteiger partial charge on any atom is -0.484 e. The molecule has 6 heteroatoms. The van der Waals surface area contributed by atoms with Gasteiger partial charge < -0.3 is 10.1 Å². The van der Waals surface area contributed by atoms with Gasteiger partial charge in [-0.1, -0.05) is 29.8 Å². The minimum absolute atomic E-state index is 0.0317. The molecular weight excluding hydrogens is 326 g/mol. The molecule has 1 N–H and O–H groups in total. The molecule has 0 unspecified atom stereocenters. The molecule has 0 fully saturated rings. The number of hydrogen-bond donors (Lipinski definition) is 1. The van der Waals surface area contributed by atoms with E-state index in [0.717, 1.165) is 11.1 Å². The maximum Gasteiger partial charge on any atom is 0.257 e. The maximum absolute atomic E-state index is 11.7. The Morgan fingerprint density at radius 3 is 2.25 bits per heavy atom. The summed E-state index contributed by atoms with van der Waals surface area (Å²) in [5, 5.41) is 2.78. The summed E-state index contributed by atoms with van der Waals surface area (Å²) in [5.41, 5.74) is 2.09. The van der Waals surface area contributed by atoms with Crippen molar-refractivity contribution < 1.29 is 17.9 Å². The topological polar surface area (TPSA) is 72.5 Å². The fourth-order valence-electron chi connectivity index (χ4n) is 2.08. The van der Waals surface area contributed by atoms with Crippen molar-refractivity contribution in [3.05, 3.63) is 59.7 Å². The summed E-state index contributed by atoms with van der Waals surface area (Å²) in [6.45, 7) is 2.42. The molecule has 0 saturated carbocycles. The van der Waals surface area contributed by atoms with Crippen molar-refractivity contribution in [3.63, 3.8) is 0 Å². The van der Waals surface area contributed by atoms with Crippen LogP contribution < -0.4 is 10.1 Å². The highest BCUT2D eigenvalue weighted by Gasteiger charge is 2.06. The zero-order valence-electron chi connectivity index (χ0n) is 13.8. The third-order valence-electron chi connectivity index (χ3n) is 3.48. The third kappa shape index (κ3) is 5.70. The van der Waals surface area contributed by atoms with Crippen LogP contribution in [0.1, 0.15) is 11.1 Å². The van der Waals surface area contributed by atoms with E-state index in [2.05, 4.69) is 5.32 Å². The van der Waals surface area contributed by atoms with E-state index in [1.165, 1.54) is 6.26 Å². The van der Waals surface area contributed by atoms with E-state index >= 15 is 0 Å². The third-order valence-corrected chi connectivity index (χ3v) is 4.61. The van der Waals surface area contributed by atoms with Crippen molar-refractivity contribution >= 4 is 15.7 Å².